The fourth-order valence-electron chi connectivity index (χ4n) is 3.35. The van der Waals surface area contributed by atoms with Crippen LogP contribution in [0.25, 0.3) is 0 Å². The maximum Gasteiger partial charge on any atom is 0.263 e. The van der Waals surface area contributed by atoms with Gasteiger partial charge in [-0.25, -0.2) is 13.4 Å². The first-order valence-corrected chi connectivity index (χ1v) is 7.83. The summed E-state index contributed by atoms with van der Waals surface area (Å²) in [6.07, 6.45) is 3.63. The van der Waals surface area contributed by atoms with Gasteiger partial charge in [0.1, 0.15) is 0 Å². The summed E-state index contributed by atoms with van der Waals surface area (Å²) in [6, 6.07) is -0.235. The largest absolute Gasteiger partial charge is 0.393 e. The monoisotopic (exact) mass is 286 g/mol. The van der Waals surface area contributed by atoms with E-state index in [1.807, 2.05) is 0 Å². The zero-order valence-corrected chi connectivity index (χ0v) is 11.5. The summed E-state index contributed by atoms with van der Waals surface area (Å²) >= 11 is 0. The molecule has 2 aliphatic rings. The van der Waals surface area contributed by atoms with Crippen molar-refractivity contribution in [3.8, 4) is 0 Å². The minimum atomic E-state index is -3.64. The summed E-state index contributed by atoms with van der Waals surface area (Å²) in [5, 5.41) is 9.81. The molecule has 2 saturated heterocycles. The number of nitrogens with zero attached hydrogens (tertiary/aromatic N) is 3. The number of nitrogen functional groups attached to an aromatic ring is 1. The molecule has 106 valence electrons. The number of imidazole rings is 1. The van der Waals surface area contributed by atoms with Gasteiger partial charge in [-0.05, 0) is 25.7 Å². The van der Waals surface area contributed by atoms with E-state index in [9.17, 15) is 13.5 Å². The third-order valence-corrected chi connectivity index (χ3v) is 6.21. The van der Waals surface area contributed by atoms with E-state index in [-0.39, 0.29) is 22.9 Å². The highest BCUT2D eigenvalue weighted by Gasteiger charge is 2.48. The second-order valence-corrected chi connectivity index (χ2v) is 7.15. The number of fused-ring (bicyclic) bond motifs is 2. The number of aromatic nitrogens is 2. The third-order valence-electron chi connectivity index (χ3n) is 4.07. The summed E-state index contributed by atoms with van der Waals surface area (Å²) < 4.78 is 28.5. The van der Waals surface area contributed by atoms with Crippen LogP contribution in [0.15, 0.2) is 11.4 Å². The molecule has 1 aromatic heterocycles. The first-order valence-electron chi connectivity index (χ1n) is 6.39. The molecule has 0 saturated carbocycles. The molecule has 0 radical (unpaired) electrons. The number of hydrogen-bond donors (Lipinski definition) is 2. The minimum Gasteiger partial charge on any atom is -0.393 e. The van der Waals surface area contributed by atoms with Gasteiger partial charge >= 0.3 is 0 Å². The van der Waals surface area contributed by atoms with Crippen LogP contribution >= 0.6 is 0 Å². The van der Waals surface area contributed by atoms with Crippen molar-refractivity contribution in [2.75, 3.05) is 5.73 Å². The Morgan fingerprint density at radius 3 is 2.42 bits per heavy atom. The molecule has 2 atom stereocenters. The SMILES string of the molecule is Cn1cnc(N)c1S(=O)(=O)N1C2CCC1CC(O)C2. The molecule has 3 rings (SSSR count). The second-order valence-electron chi connectivity index (χ2n) is 5.39. The van der Waals surface area contributed by atoms with Crippen molar-refractivity contribution in [1.29, 1.82) is 0 Å². The Morgan fingerprint density at radius 2 is 1.95 bits per heavy atom. The second kappa shape index (κ2) is 4.19. The lowest BCUT2D eigenvalue weighted by Crippen LogP contribution is -2.48. The number of anilines is 1. The minimum absolute atomic E-state index is 0.0352. The standard InChI is InChI=1S/C11H18N4O3S/c1-14-6-13-10(12)11(14)19(17,18)15-7-2-3-8(15)5-9(16)4-7/h6-9,16H,2-5,12H2,1H3. The van der Waals surface area contributed by atoms with Gasteiger partial charge in [-0.15, -0.1) is 0 Å². The normalized spacial score (nSPS) is 31.8. The molecular formula is C11H18N4O3S. The van der Waals surface area contributed by atoms with Crippen LogP contribution in [-0.2, 0) is 17.1 Å². The van der Waals surface area contributed by atoms with Gasteiger partial charge < -0.3 is 15.4 Å². The number of nitrogens with two attached hydrogens (primary N) is 1. The van der Waals surface area contributed by atoms with Gasteiger partial charge in [0, 0.05) is 19.1 Å². The molecule has 0 aromatic carbocycles. The number of aliphatic hydroxyl groups is 1. The quantitative estimate of drug-likeness (QED) is 0.776. The molecule has 7 nitrogen and oxygen atoms in total. The molecule has 3 heterocycles. The number of rotatable bonds is 2. The molecule has 8 heteroatoms. The molecular weight excluding hydrogens is 268 g/mol. The van der Waals surface area contributed by atoms with E-state index in [1.165, 1.54) is 15.2 Å². The number of hydrogen-bond acceptors (Lipinski definition) is 5. The van der Waals surface area contributed by atoms with Crippen molar-refractivity contribution in [2.24, 2.45) is 7.05 Å². The van der Waals surface area contributed by atoms with E-state index in [4.69, 9.17) is 5.73 Å². The van der Waals surface area contributed by atoms with E-state index in [0.29, 0.717) is 12.8 Å². The van der Waals surface area contributed by atoms with Crippen LogP contribution in [0.4, 0.5) is 5.82 Å². The molecule has 1 aromatic rings. The van der Waals surface area contributed by atoms with Crippen LogP contribution in [0.2, 0.25) is 0 Å². The Morgan fingerprint density at radius 1 is 1.37 bits per heavy atom. The topological polar surface area (TPSA) is 101 Å². The van der Waals surface area contributed by atoms with E-state index in [0.717, 1.165) is 12.8 Å². The zero-order valence-electron chi connectivity index (χ0n) is 10.7. The van der Waals surface area contributed by atoms with Crippen LogP contribution in [0.1, 0.15) is 25.7 Å². The van der Waals surface area contributed by atoms with Gasteiger partial charge in [0.15, 0.2) is 10.8 Å². The van der Waals surface area contributed by atoms with Crippen LogP contribution in [0, 0.1) is 0 Å². The van der Waals surface area contributed by atoms with Gasteiger partial charge in [0.25, 0.3) is 10.0 Å². The molecule has 0 amide bonds. The summed E-state index contributed by atoms with van der Waals surface area (Å²) in [6.45, 7) is 0. The Kier molecular flexibility index (Phi) is 2.84. The molecule has 0 aliphatic carbocycles. The number of piperidine rings is 1. The smallest absolute Gasteiger partial charge is 0.263 e. The lowest BCUT2D eigenvalue weighted by molar-refractivity contribution is 0.0767. The number of aryl methyl sites for hydroxylation is 1. The Labute approximate surface area is 112 Å². The average Bonchev–Trinajstić information content (AvgIpc) is 2.79. The van der Waals surface area contributed by atoms with Gasteiger partial charge in [-0.2, -0.15) is 4.31 Å². The van der Waals surface area contributed by atoms with Crippen LogP contribution in [-0.4, -0.2) is 45.6 Å². The Balaban J connectivity index is 2.03. The zero-order chi connectivity index (χ0) is 13.8. The predicted octanol–water partition coefficient (Wildman–Crippen LogP) is -0.321. The number of sulfonamides is 1. The maximum absolute atomic E-state index is 12.8. The molecule has 0 spiro atoms. The molecule has 3 N–H and O–H groups in total. The first kappa shape index (κ1) is 12.9. The fraction of sp³-hybridized carbons (Fsp3) is 0.727. The van der Waals surface area contributed by atoms with Crippen molar-refractivity contribution in [2.45, 2.75) is 48.9 Å². The van der Waals surface area contributed by atoms with Crippen molar-refractivity contribution in [3.63, 3.8) is 0 Å². The van der Waals surface area contributed by atoms with Gasteiger partial charge in [-0.1, -0.05) is 0 Å². The van der Waals surface area contributed by atoms with Crippen LogP contribution in [0.5, 0.6) is 0 Å². The van der Waals surface area contributed by atoms with Crippen LogP contribution in [0.3, 0.4) is 0 Å². The maximum atomic E-state index is 12.8. The molecule has 2 unspecified atom stereocenters. The van der Waals surface area contributed by atoms with Crippen molar-refractivity contribution in [3.05, 3.63) is 6.33 Å². The summed E-state index contributed by atoms with van der Waals surface area (Å²) in [5.41, 5.74) is 5.69. The Bertz CT molecular complexity index is 564. The predicted molar refractivity (Wildman–Crippen MR) is 68.7 cm³/mol. The number of aliphatic hydroxyl groups excluding tert-OH is 1. The van der Waals surface area contributed by atoms with E-state index in [1.54, 1.807) is 7.05 Å². The van der Waals surface area contributed by atoms with Gasteiger partial charge in [0.2, 0.25) is 0 Å². The lowest BCUT2D eigenvalue weighted by Gasteiger charge is -2.35. The molecule has 2 fully saturated rings. The Hall–Kier alpha value is -1.12. The van der Waals surface area contributed by atoms with Crippen LogP contribution < -0.4 is 5.73 Å². The summed E-state index contributed by atoms with van der Waals surface area (Å²) in [5.74, 6) is 0.0352. The molecule has 2 aliphatic heterocycles. The van der Waals surface area contributed by atoms with Crippen molar-refractivity contribution in [1.82, 2.24) is 13.9 Å². The molecule has 2 bridgehead atoms. The van der Waals surface area contributed by atoms with Gasteiger partial charge in [0.05, 0.1) is 12.4 Å². The van der Waals surface area contributed by atoms with Crippen molar-refractivity contribution < 1.29 is 13.5 Å². The van der Waals surface area contributed by atoms with E-state index >= 15 is 0 Å². The summed E-state index contributed by atoms with van der Waals surface area (Å²) in [4.78, 5) is 3.85. The summed E-state index contributed by atoms with van der Waals surface area (Å²) in [7, 11) is -2.02. The van der Waals surface area contributed by atoms with Gasteiger partial charge in [-0.3, -0.25) is 0 Å². The highest BCUT2D eigenvalue weighted by Crippen LogP contribution is 2.40. The highest BCUT2D eigenvalue weighted by molar-refractivity contribution is 7.89. The highest BCUT2D eigenvalue weighted by atomic mass is 32.2. The van der Waals surface area contributed by atoms with Crippen molar-refractivity contribution >= 4 is 15.8 Å². The third kappa shape index (κ3) is 1.86. The lowest BCUT2D eigenvalue weighted by atomic mass is 10.0. The average molecular weight is 286 g/mol. The fourth-order valence-corrected chi connectivity index (χ4v) is 5.44. The first-order chi connectivity index (χ1) is 8.91. The van der Waals surface area contributed by atoms with E-state index in [2.05, 4.69) is 4.98 Å². The van der Waals surface area contributed by atoms with E-state index < -0.39 is 16.1 Å². The molecule has 19 heavy (non-hydrogen) atoms.